The minimum Gasteiger partial charge on any atom is -0.486 e. The predicted molar refractivity (Wildman–Crippen MR) is 206 cm³/mol. The van der Waals surface area contributed by atoms with Crippen LogP contribution in [-0.4, -0.2) is 43.1 Å². The standard InChI is InChI=1S/C45H66O7/c1-6-7-8-9-10-11-12-13-14-15-16-23-28-39-41(52-45(4,5)51-39)34(2)29-30-38-42(47-31-36-24-19-17-20-25-36)44(48-32-37-26-21-18-22-27-37)43-40(50-38)33-46-35(3)49-43/h17-22,24-27,30,34-35,39-41,43H,6-16,23,28-29,31-33H2,1-5H3/t34-,35?,39?,40?,41-,43-/m0/s1. The van der Waals surface area contributed by atoms with Gasteiger partial charge in [-0.3, -0.25) is 0 Å². The van der Waals surface area contributed by atoms with E-state index in [0.717, 1.165) is 24.0 Å². The molecule has 0 N–H and O–H groups in total. The van der Waals surface area contributed by atoms with Crippen LogP contribution in [0.5, 0.6) is 0 Å². The summed E-state index contributed by atoms with van der Waals surface area (Å²) < 4.78 is 45.0. The lowest BCUT2D eigenvalue weighted by atomic mass is 9.92. The fourth-order valence-corrected chi connectivity index (χ4v) is 7.52. The molecule has 7 heteroatoms. The van der Waals surface area contributed by atoms with Crippen LogP contribution in [0.15, 0.2) is 84.0 Å². The van der Waals surface area contributed by atoms with E-state index in [4.69, 9.17) is 33.2 Å². The van der Waals surface area contributed by atoms with Gasteiger partial charge in [0.25, 0.3) is 0 Å². The van der Waals surface area contributed by atoms with Crippen LogP contribution in [0.3, 0.4) is 0 Å². The van der Waals surface area contributed by atoms with Crippen LogP contribution in [0.4, 0.5) is 0 Å². The number of unbranched alkanes of at least 4 members (excludes halogenated alkanes) is 11. The lowest BCUT2D eigenvalue weighted by Gasteiger charge is -2.40. The first-order valence-corrected chi connectivity index (χ1v) is 20.4. The zero-order chi connectivity index (χ0) is 36.6. The quantitative estimate of drug-likeness (QED) is 0.112. The van der Waals surface area contributed by atoms with Crippen LogP contribution in [-0.2, 0) is 46.4 Å². The van der Waals surface area contributed by atoms with Gasteiger partial charge in [0, 0.05) is 0 Å². The van der Waals surface area contributed by atoms with Crippen LogP contribution in [0.2, 0.25) is 0 Å². The van der Waals surface area contributed by atoms with Crippen molar-refractivity contribution in [2.75, 3.05) is 6.61 Å². The maximum absolute atomic E-state index is 6.63. The molecule has 3 aliphatic heterocycles. The van der Waals surface area contributed by atoms with Crippen LogP contribution < -0.4 is 0 Å². The van der Waals surface area contributed by atoms with E-state index in [0.29, 0.717) is 37.1 Å². The molecule has 2 aromatic carbocycles. The number of allylic oxidation sites excluding steroid dienone is 1. The molecule has 2 aromatic rings. The van der Waals surface area contributed by atoms with Crippen molar-refractivity contribution in [1.29, 1.82) is 0 Å². The average molecular weight is 719 g/mol. The molecule has 3 unspecified atom stereocenters. The predicted octanol–water partition coefficient (Wildman–Crippen LogP) is 11.3. The Labute approximate surface area is 314 Å². The highest BCUT2D eigenvalue weighted by atomic mass is 16.8. The lowest BCUT2D eigenvalue weighted by molar-refractivity contribution is -0.252. The molecule has 0 amide bonds. The summed E-state index contributed by atoms with van der Waals surface area (Å²) in [7, 11) is 0. The van der Waals surface area contributed by atoms with Gasteiger partial charge in [0.1, 0.15) is 13.2 Å². The minimum atomic E-state index is -0.599. The molecule has 0 radical (unpaired) electrons. The molecule has 0 aliphatic carbocycles. The maximum atomic E-state index is 6.63. The Morgan fingerprint density at radius 1 is 0.769 bits per heavy atom. The van der Waals surface area contributed by atoms with E-state index in [9.17, 15) is 0 Å². The Morgan fingerprint density at radius 2 is 1.35 bits per heavy atom. The van der Waals surface area contributed by atoms with Crippen molar-refractivity contribution in [2.24, 2.45) is 5.92 Å². The van der Waals surface area contributed by atoms with Gasteiger partial charge >= 0.3 is 0 Å². The molecule has 3 aliphatic rings. The molecule has 5 rings (SSSR count). The maximum Gasteiger partial charge on any atom is 0.202 e. The number of fused-ring (bicyclic) bond motifs is 1. The summed E-state index contributed by atoms with van der Waals surface area (Å²) in [5, 5.41) is 0. The number of benzene rings is 2. The van der Waals surface area contributed by atoms with Gasteiger partial charge in [-0.2, -0.15) is 0 Å². The summed E-state index contributed by atoms with van der Waals surface area (Å²) in [6, 6.07) is 20.4. The number of hydrogen-bond donors (Lipinski definition) is 0. The Morgan fingerprint density at radius 3 is 1.96 bits per heavy atom. The molecule has 2 saturated heterocycles. The summed E-state index contributed by atoms with van der Waals surface area (Å²) in [4.78, 5) is 0. The van der Waals surface area contributed by atoms with E-state index in [2.05, 4.69) is 44.2 Å². The average Bonchev–Trinajstić information content (AvgIpc) is 3.47. The van der Waals surface area contributed by atoms with E-state index in [1.165, 1.54) is 77.0 Å². The third kappa shape index (κ3) is 12.6. The zero-order valence-corrected chi connectivity index (χ0v) is 32.7. The normalized spacial score (nSPS) is 25.5. The van der Waals surface area contributed by atoms with Gasteiger partial charge in [-0.15, -0.1) is 0 Å². The van der Waals surface area contributed by atoms with E-state index < -0.39 is 11.9 Å². The van der Waals surface area contributed by atoms with Gasteiger partial charge in [-0.1, -0.05) is 152 Å². The van der Waals surface area contributed by atoms with Gasteiger partial charge in [-0.05, 0) is 56.7 Å². The molecule has 6 atom stereocenters. The SMILES string of the molecule is CCCCCCCCCCCCCCC1OC(C)(C)O[C@H]1[C@@H](C)CC=C1OC2COC(C)O[C@@H]2C(OCc2ccccc2)=C1OCc1ccccc1. The highest BCUT2D eigenvalue weighted by molar-refractivity contribution is 5.31. The lowest BCUT2D eigenvalue weighted by Crippen LogP contribution is -2.48. The first-order valence-electron chi connectivity index (χ1n) is 20.4. The van der Waals surface area contributed by atoms with E-state index >= 15 is 0 Å². The number of rotatable bonds is 22. The molecular formula is C45H66O7. The summed E-state index contributed by atoms with van der Waals surface area (Å²) in [5.41, 5.74) is 2.13. The second-order valence-corrected chi connectivity index (χ2v) is 15.5. The van der Waals surface area contributed by atoms with Crippen LogP contribution >= 0.6 is 0 Å². The Hall–Kier alpha value is -2.84. The smallest absolute Gasteiger partial charge is 0.202 e. The number of hydrogen-bond acceptors (Lipinski definition) is 7. The van der Waals surface area contributed by atoms with Crippen molar-refractivity contribution >= 4 is 0 Å². The first kappa shape index (κ1) is 40.3. The molecule has 0 bridgehead atoms. The monoisotopic (exact) mass is 718 g/mol. The second-order valence-electron chi connectivity index (χ2n) is 15.5. The molecule has 2 fully saturated rings. The summed E-state index contributed by atoms with van der Waals surface area (Å²) in [6.45, 7) is 11.7. The third-order valence-electron chi connectivity index (χ3n) is 10.4. The fourth-order valence-electron chi connectivity index (χ4n) is 7.52. The third-order valence-corrected chi connectivity index (χ3v) is 10.4. The minimum absolute atomic E-state index is 0.00966. The molecule has 0 spiro atoms. The molecule has 3 heterocycles. The molecule has 288 valence electrons. The van der Waals surface area contributed by atoms with Crippen molar-refractivity contribution < 1.29 is 33.2 Å². The van der Waals surface area contributed by atoms with Gasteiger partial charge in [-0.25, -0.2) is 0 Å². The Balaban J connectivity index is 1.23. The van der Waals surface area contributed by atoms with Crippen molar-refractivity contribution in [3.05, 3.63) is 95.1 Å². The molecule has 0 aromatic heterocycles. The van der Waals surface area contributed by atoms with E-state index in [-0.39, 0.29) is 30.5 Å². The molecule has 7 nitrogen and oxygen atoms in total. The van der Waals surface area contributed by atoms with Crippen LogP contribution in [0.1, 0.15) is 136 Å². The van der Waals surface area contributed by atoms with Crippen molar-refractivity contribution in [2.45, 2.75) is 174 Å². The molecule has 52 heavy (non-hydrogen) atoms. The topological polar surface area (TPSA) is 64.6 Å². The van der Waals surface area contributed by atoms with Gasteiger partial charge in [0.2, 0.25) is 5.76 Å². The molecular weight excluding hydrogens is 652 g/mol. The van der Waals surface area contributed by atoms with Crippen molar-refractivity contribution in [3.63, 3.8) is 0 Å². The van der Waals surface area contributed by atoms with Gasteiger partial charge in [0.15, 0.2) is 35.8 Å². The van der Waals surface area contributed by atoms with Crippen LogP contribution in [0.25, 0.3) is 0 Å². The Kier molecular flexibility index (Phi) is 16.4. The van der Waals surface area contributed by atoms with E-state index in [1.54, 1.807) is 0 Å². The zero-order valence-electron chi connectivity index (χ0n) is 32.7. The van der Waals surface area contributed by atoms with Crippen molar-refractivity contribution in [3.8, 4) is 0 Å². The fraction of sp³-hybridized carbons (Fsp3) is 0.644. The van der Waals surface area contributed by atoms with Crippen molar-refractivity contribution in [1.82, 2.24) is 0 Å². The summed E-state index contributed by atoms with van der Waals surface area (Å²) in [6.07, 6.45) is 18.9. The van der Waals surface area contributed by atoms with E-state index in [1.807, 2.05) is 57.2 Å². The van der Waals surface area contributed by atoms with Gasteiger partial charge < -0.3 is 33.2 Å². The Bertz CT molecular complexity index is 1360. The van der Waals surface area contributed by atoms with Gasteiger partial charge in [0.05, 0.1) is 18.8 Å². The molecule has 0 saturated carbocycles. The summed E-state index contributed by atoms with van der Waals surface area (Å²) >= 11 is 0. The number of ether oxygens (including phenoxy) is 7. The highest BCUT2D eigenvalue weighted by Gasteiger charge is 2.45. The first-order chi connectivity index (χ1) is 25.3. The highest BCUT2D eigenvalue weighted by Crippen LogP contribution is 2.39. The largest absolute Gasteiger partial charge is 0.486 e. The second kappa shape index (κ2) is 21.2. The van der Waals surface area contributed by atoms with Crippen LogP contribution in [0, 0.1) is 5.92 Å². The summed E-state index contributed by atoms with van der Waals surface area (Å²) in [5.74, 6) is 1.49.